The number of nitrogens with zero attached hydrogens (tertiary/aromatic N) is 3. The molecule has 2 fully saturated rings. The maximum absolute atomic E-state index is 5.88. The first kappa shape index (κ1) is 15.5. The van der Waals surface area contributed by atoms with Crippen molar-refractivity contribution in [2.75, 3.05) is 0 Å². The molecule has 3 atom stereocenters. The van der Waals surface area contributed by atoms with Crippen LogP contribution in [0.1, 0.15) is 36.6 Å². The molecule has 0 spiro atoms. The van der Waals surface area contributed by atoms with Crippen molar-refractivity contribution in [1.82, 2.24) is 15.1 Å². The van der Waals surface area contributed by atoms with Crippen molar-refractivity contribution in [3.63, 3.8) is 0 Å². The summed E-state index contributed by atoms with van der Waals surface area (Å²) < 4.78 is 17.2. The highest BCUT2D eigenvalue weighted by atomic mass is 16.5. The average molecular weight is 349 g/mol. The third-order valence-corrected chi connectivity index (χ3v) is 5.11. The van der Waals surface area contributed by atoms with Crippen molar-refractivity contribution in [3.8, 4) is 17.1 Å². The lowest BCUT2D eigenvalue weighted by atomic mass is 9.89. The summed E-state index contributed by atoms with van der Waals surface area (Å²) >= 11 is 0. The summed E-state index contributed by atoms with van der Waals surface area (Å²) in [7, 11) is 0. The molecule has 0 amide bonds. The molecule has 26 heavy (non-hydrogen) atoms. The second-order valence-electron chi connectivity index (χ2n) is 6.85. The number of fused-ring (bicyclic) bond motifs is 2. The van der Waals surface area contributed by atoms with Gasteiger partial charge >= 0.3 is 0 Å². The highest BCUT2D eigenvalue weighted by Gasteiger charge is 2.44. The third-order valence-electron chi connectivity index (χ3n) is 5.11. The molecular formula is C20H19N3O3. The number of hydrogen-bond donors (Lipinski definition) is 0. The lowest BCUT2D eigenvalue weighted by Crippen LogP contribution is -2.14. The monoisotopic (exact) mass is 349 g/mol. The second kappa shape index (κ2) is 6.53. The fourth-order valence-corrected chi connectivity index (χ4v) is 3.75. The summed E-state index contributed by atoms with van der Waals surface area (Å²) in [5.74, 6) is 2.35. The molecule has 2 aliphatic rings. The van der Waals surface area contributed by atoms with Gasteiger partial charge in [0.15, 0.2) is 0 Å². The summed E-state index contributed by atoms with van der Waals surface area (Å²) in [6.07, 6.45) is 7.41. The molecule has 0 aliphatic carbocycles. The van der Waals surface area contributed by atoms with E-state index < -0.39 is 0 Å². The summed E-state index contributed by atoms with van der Waals surface area (Å²) in [6.45, 7) is 0.490. The van der Waals surface area contributed by atoms with Gasteiger partial charge in [0, 0.05) is 23.5 Å². The number of ether oxygens (including phenoxy) is 2. The molecule has 0 radical (unpaired) electrons. The van der Waals surface area contributed by atoms with Gasteiger partial charge in [-0.15, -0.1) is 0 Å². The second-order valence-corrected chi connectivity index (χ2v) is 6.85. The summed E-state index contributed by atoms with van der Waals surface area (Å²) in [5.41, 5.74) is 1.95. The van der Waals surface area contributed by atoms with Crippen molar-refractivity contribution in [2.24, 2.45) is 0 Å². The first-order valence-corrected chi connectivity index (χ1v) is 8.96. The number of rotatable bonds is 5. The molecule has 3 aromatic rings. The number of pyridine rings is 1. The molecule has 0 N–H and O–H groups in total. The van der Waals surface area contributed by atoms with Gasteiger partial charge in [0.1, 0.15) is 12.4 Å². The molecule has 0 unspecified atom stereocenters. The minimum Gasteiger partial charge on any atom is -0.489 e. The predicted molar refractivity (Wildman–Crippen MR) is 93.6 cm³/mol. The Balaban J connectivity index is 1.26. The molecule has 2 aliphatic heterocycles. The zero-order valence-corrected chi connectivity index (χ0v) is 14.2. The third kappa shape index (κ3) is 2.97. The summed E-state index contributed by atoms with van der Waals surface area (Å²) in [4.78, 5) is 8.68. The first-order chi connectivity index (χ1) is 12.8. The van der Waals surface area contributed by atoms with Gasteiger partial charge in [-0.05, 0) is 49.6 Å². The van der Waals surface area contributed by atoms with Crippen LogP contribution in [0.3, 0.4) is 0 Å². The Morgan fingerprint density at radius 2 is 2.04 bits per heavy atom. The maximum Gasteiger partial charge on any atom is 0.232 e. The van der Waals surface area contributed by atoms with Crippen LogP contribution in [0.2, 0.25) is 0 Å². The van der Waals surface area contributed by atoms with E-state index in [1.54, 1.807) is 12.4 Å². The van der Waals surface area contributed by atoms with E-state index in [4.69, 9.17) is 14.0 Å². The van der Waals surface area contributed by atoms with Crippen molar-refractivity contribution >= 4 is 0 Å². The molecular weight excluding hydrogens is 330 g/mol. The predicted octanol–water partition coefficient (Wildman–Crippen LogP) is 3.75. The van der Waals surface area contributed by atoms with Gasteiger partial charge in [0.25, 0.3) is 0 Å². The fourth-order valence-electron chi connectivity index (χ4n) is 3.75. The van der Waals surface area contributed by atoms with Crippen LogP contribution < -0.4 is 4.74 Å². The Morgan fingerprint density at radius 3 is 2.77 bits per heavy atom. The van der Waals surface area contributed by atoms with Crippen LogP contribution in [0.25, 0.3) is 11.4 Å². The first-order valence-electron chi connectivity index (χ1n) is 8.96. The molecule has 2 saturated heterocycles. The number of benzene rings is 1. The molecule has 2 bridgehead atoms. The van der Waals surface area contributed by atoms with Gasteiger partial charge in [-0.25, -0.2) is 0 Å². The van der Waals surface area contributed by atoms with E-state index >= 15 is 0 Å². The van der Waals surface area contributed by atoms with E-state index in [1.165, 1.54) is 0 Å². The van der Waals surface area contributed by atoms with Crippen molar-refractivity contribution in [2.45, 2.75) is 44.0 Å². The minimum atomic E-state index is 0.247. The summed E-state index contributed by atoms with van der Waals surface area (Å²) in [5, 5.41) is 4.15. The average Bonchev–Trinajstić information content (AvgIpc) is 3.44. The van der Waals surface area contributed by atoms with Crippen LogP contribution in [0.5, 0.6) is 5.75 Å². The minimum absolute atomic E-state index is 0.247. The van der Waals surface area contributed by atoms with E-state index in [-0.39, 0.29) is 12.0 Å². The SMILES string of the molecule is c1cncc(COc2ccc(-c3noc([C@H]4C[C@@H]5CC[C@@H]4O5)n3)cc2)c1. The Kier molecular flexibility index (Phi) is 3.90. The van der Waals surface area contributed by atoms with E-state index in [0.29, 0.717) is 24.4 Å². The van der Waals surface area contributed by atoms with Gasteiger partial charge in [0.2, 0.25) is 11.7 Å². The Hall–Kier alpha value is -2.73. The van der Waals surface area contributed by atoms with E-state index in [2.05, 4.69) is 15.1 Å². The normalized spacial score (nSPS) is 24.1. The quantitative estimate of drug-likeness (QED) is 0.699. The lowest BCUT2D eigenvalue weighted by Gasteiger charge is -2.13. The Morgan fingerprint density at radius 1 is 1.12 bits per heavy atom. The molecule has 1 aromatic carbocycles. The smallest absolute Gasteiger partial charge is 0.232 e. The van der Waals surface area contributed by atoms with Gasteiger partial charge in [-0.2, -0.15) is 4.98 Å². The maximum atomic E-state index is 5.88. The van der Waals surface area contributed by atoms with Crippen molar-refractivity contribution < 1.29 is 14.0 Å². The molecule has 6 heteroatoms. The zero-order valence-electron chi connectivity index (χ0n) is 14.2. The fraction of sp³-hybridized carbons (Fsp3) is 0.350. The van der Waals surface area contributed by atoms with Crippen LogP contribution in [0.4, 0.5) is 0 Å². The van der Waals surface area contributed by atoms with Crippen LogP contribution in [0.15, 0.2) is 53.3 Å². The lowest BCUT2D eigenvalue weighted by molar-refractivity contribution is 0.0974. The molecule has 132 valence electrons. The van der Waals surface area contributed by atoms with E-state index in [9.17, 15) is 0 Å². The Labute approximate surface area is 151 Å². The molecule has 2 aromatic heterocycles. The highest BCUT2D eigenvalue weighted by Crippen LogP contribution is 2.44. The number of aromatic nitrogens is 3. The zero-order chi connectivity index (χ0) is 17.3. The van der Waals surface area contributed by atoms with Crippen LogP contribution in [-0.4, -0.2) is 27.3 Å². The van der Waals surface area contributed by atoms with Crippen molar-refractivity contribution in [3.05, 3.63) is 60.2 Å². The van der Waals surface area contributed by atoms with E-state index in [0.717, 1.165) is 36.1 Å². The summed E-state index contributed by atoms with van der Waals surface area (Å²) in [6, 6.07) is 11.6. The van der Waals surface area contributed by atoms with Crippen LogP contribution in [-0.2, 0) is 11.3 Å². The van der Waals surface area contributed by atoms with Crippen LogP contribution in [0, 0.1) is 0 Å². The van der Waals surface area contributed by atoms with Gasteiger partial charge in [-0.3, -0.25) is 4.98 Å². The van der Waals surface area contributed by atoms with Gasteiger partial charge < -0.3 is 14.0 Å². The van der Waals surface area contributed by atoms with E-state index in [1.807, 2.05) is 36.4 Å². The standard InChI is InChI=1S/C20H19N3O3/c1-2-13(11-21-9-1)12-24-15-5-3-14(4-6-15)19-22-20(26-23-19)17-10-16-7-8-18(17)25-16/h1-6,9,11,16-18H,7-8,10,12H2/t16-,17-,18-/m0/s1. The Bertz CT molecular complexity index is 879. The highest BCUT2D eigenvalue weighted by molar-refractivity contribution is 5.55. The van der Waals surface area contributed by atoms with Crippen molar-refractivity contribution in [1.29, 1.82) is 0 Å². The molecule has 0 saturated carbocycles. The molecule has 5 rings (SSSR count). The molecule has 4 heterocycles. The van der Waals surface area contributed by atoms with Crippen LogP contribution >= 0.6 is 0 Å². The largest absolute Gasteiger partial charge is 0.489 e. The molecule has 6 nitrogen and oxygen atoms in total. The number of hydrogen-bond acceptors (Lipinski definition) is 6. The van der Waals surface area contributed by atoms with Gasteiger partial charge in [0.05, 0.1) is 18.1 Å². The topological polar surface area (TPSA) is 70.3 Å². The van der Waals surface area contributed by atoms with Gasteiger partial charge in [-0.1, -0.05) is 11.2 Å².